The quantitative estimate of drug-likeness (QED) is 0.873. The highest BCUT2D eigenvalue weighted by atomic mass is 16.5. The van der Waals surface area contributed by atoms with Crippen molar-refractivity contribution >= 4 is 11.4 Å². The summed E-state index contributed by atoms with van der Waals surface area (Å²) in [4.78, 5) is 2.31. The van der Waals surface area contributed by atoms with E-state index in [0.29, 0.717) is 5.92 Å². The zero-order valence-corrected chi connectivity index (χ0v) is 14.1. The number of hydrogen-bond donors (Lipinski definition) is 1. The third kappa shape index (κ3) is 3.85. The summed E-state index contributed by atoms with van der Waals surface area (Å²) in [6.07, 6.45) is 0.923. The molecule has 122 valence electrons. The van der Waals surface area contributed by atoms with Crippen molar-refractivity contribution in [3.63, 3.8) is 0 Å². The van der Waals surface area contributed by atoms with Crippen molar-refractivity contribution in [3.05, 3.63) is 59.2 Å². The molecule has 0 unspecified atom stereocenters. The van der Waals surface area contributed by atoms with Gasteiger partial charge >= 0.3 is 0 Å². The van der Waals surface area contributed by atoms with Crippen LogP contribution < -0.4 is 10.6 Å². The second kappa shape index (κ2) is 7.05. The van der Waals surface area contributed by atoms with E-state index in [9.17, 15) is 0 Å². The highest BCUT2D eigenvalue weighted by molar-refractivity contribution is 5.68. The molecular weight excluding hydrogens is 284 g/mol. The lowest BCUT2D eigenvalue weighted by Gasteiger charge is -2.30. The van der Waals surface area contributed by atoms with Crippen molar-refractivity contribution in [1.29, 1.82) is 0 Å². The van der Waals surface area contributed by atoms with Gasteiger partial charge in [-0.05, 0) is 41.2 Å². The fraction of sp³-hybridized carbons (Fsp3) is 0.400. The van der Waals surface area contributed by atoms with E-state index in [1.165, 1.54) is 16.7 Å². The van der Waals surface area contributed by atoms with Crippen molar-refractivity contribution in [2.24, 2.45) is 0 Å². The van der Waals surface area contributed by atoms with Crippen LogP contribution in [0.1, 0.15) is 36.5 Å². The molecular formula is C20H26N2O. The van der Waals surface area contributed by atoms with Crippen molar-refractivity contribution in [3.8, 4) is 0 Å². The zero-order valence-electron chi connectivity index (χ0n) is 14.1. The van der Waals surface area contributed by atoms with Gasteiger partial charge in [0.15, 0.2) is 0 Å². The maximum Gasteiger partial charge on any atom is 0.0642 e. The molecule has 0 aromatic heterocycles. The van der Waals surface area contributed by atoms with Gasteiger partial charge in [0, 0.05) is 13.1 Å². The van der Waals surface area contributed by atoms with Gasteiger partial charge in [-0.15, -0.1) is 0 Å². The Labute approximate surface area is 139 Å². The van der Waals surface area contributed by atoms with Crippen LogP contribution >= 0.6 is 0 Å². The molecule has 3 rings (SSSR count). The van der Waals surface area contributed by atoms with Gasteiger partial charge in [-0.25, -0.2) is 0 Å². The summed E-state index contributed by atoms with van der Waals surface area (Å²) in [5.41, 5.74) is 12.3. The van der Waals surface area contributed by atoms with Gasteiger partial charge in [-0.2, -0.15) is 0 Å². The zero-order chi connectivity index (χ0) is 16.2. The normalized spacial score (nSPS) is 15.2. The first-order valence-electron chi connectivity index (χ1n) is 8.43. The first-order chi connectivity index (χ1) is 11.1. The smallest absolute Gasteiger partial charge is 0.0642 e. The van der Waals surface area contributed by atoms with Gasteiger partial charge < -0.3 is 15.4 Å². The molecule has 0 spiro atoms. The molecule has 2 aromatic carbocycles. The standard InChI is InChI=1S/C20H26N2O/c1-15(2)18-6-3-16(4-7-18)13-17-5-8-20(19(21)14-17)22-9-11-23-12-10-22/h3-8,14-15H,9-13,21H2,1-2H3. The summed E-state index contributed by atoms with van der Waals surface area (Å²) >= 11 is 0. The summed E-state index contributed by atoms with van der Waals surface area (Å²) in [5.74, 6) is 0.576. The molecule has 23 heavy (non-hydrogen) atoms. The van der Waals surface area contributed by atoms with E-state index in [1.807, 2.05) is 0 Å². The maximum absolute atomic E-state index is 6.29. The molecule has 3 nitrogen and oxygen atoms in total. The fourth-order valence-electron chi connectivity index (χ4n) is 3.06. The monoisotopic (exact) mass is 310 g/mol. The van der Waals surface area contributed by atoms with Crippen molar-refractivity contribution in [2.75, 3.05) is 36.9 Å². The number of ether oxygens (including phenoxy) is 1. The molecule has 1 heterocycles. The Morgan fingerprint density at radius 3 is 2.26 bits per heavy atom. The van der Waals surface area contributed by atoms with E-state index in [-0.39, 0.29) is 0 Å². The third-order valence-corrected chi connectivity index (χ3v) is 4.50. The van der Waals surface area contributed by atoms with Crippen LogP contribution in [-0.4, -0.2) is 26.3 Å². The highest BCUT2D eigenvalue weighted by Gasteiger charge is 2.14. The van der Waals surface area contributed by atoms with Crippen LogP contribution in [0, 0.1) is 0 Å². The van der Waals surface area contributed by atoms with Gasteiger partial charge in [0.25, 0.3) is 0 Å². The Bertz CT molecular complexity index is 643. The Balaban J connectivity index is 1.72. The molecule has 0 saturated carbocycles. The molecule has 1 fully saturated rings. The van der Waals surface area contributed by atoms with E-state index in [0.717, 1.165) is 44.1 Å². The van der Waals surface area contributed by atoms with E-state index in [2.05, 4.69) is 61.2 Å². The molecule has 0 bridgehead atoms. The highest BCUT2D eigenvalue weighted by Crippen LogP contribution is 2.26. The number of nitrogens with two attached hydrogens (primary N) is 1. The second-order valence-electron chi connectivity index (χ2n) is 6.57. The first-order valence-corrected chi connectivity index (χ1v) is 8.43. The fourth-order valence-corrected chi connectivity index (χ4v) is 3.06. The van der Waals surface area contributed by atoms with Crippen molar-refractivity contribution < 1.29 is 4.74 Å². The van der Waals surface area contributed by atoms with Crippen LogP contribution in [0.25, 0.3) is 0 Å². The third-order valence-electron chi connectivity index (χ3n) is 4.50. The number of morpholine rings is 1. The number of nitrogens with zero attached hydrogens (tertiary/aromatic N) is 1. The predicted octanol–water partition coefficient (Wildman–Crippen LogP) is 3.82. The van der Waals surface area contributed by atoms with Crippen LogP contribution in [0.2, 0.25) is 0 Å². The Morgan fingerprint density at radius 2 is 1.65 bits per heavy atom. The average Bonchev–Trinajstić information content (AvgIpc) is 2.56. The van der Waals surface area contributed by atoms with Crippen molar-refractivity contribution in [1.82, 2.24) is 0 Å². The van der Waals surface area contributed by atoms with Crippen molar-refractivity contribution in [2.45, 2.75) is 26.2 Å². The average molecular weight is 310 g/mol. The molecule has 3 heteroatoms. The van der Waals surface area contributed by atoms with E-state index < -0.39 is 0 Å². The Morgan fingerprint density at radius 1 is 1.00 bits per heavy atom. The number of nitrogen functional groups attached to an aromatic ring is 1. The number of rotatable bonds is 4. The molecule has 0 atom stereocenters. The predicted molar refractivity (Wildman–Crippen MR) is 97.2 cm³/mol. The summed E-state index contributed by atoms with van der Waals surface area (Å²) < 4.78 is 5.41. The first kappa shape index (κ1) is 15.9. The molecule has 0 aliphatic carbocycles. The number of benzene rings is 2. The maximum atomic E-state index is 6.29. The molecule has 2 aromatic rings. The van der Waals surface area contributed by atoms with Gasteiger partial charge in [0.05, 0.1) is 24.6 Å². The van der Waals surface area contributed by atoms with E-state index in [1.54, 1.807) is 0 Å². The van der Waals surface area contributed by atoms with E-state index >= 15 is 0 Å². The second-order valence-corrected chi connectivity index (χ2v) is 6.57. The molecule has 2 N–H and O–H groups in total. The van der Waals surface area contributed by atoms with Crippen LogP contribution in [-0.2, 0) is 11.2 Å². The van der Waals surface area contributed by atoms with Crippen LogP contribution in [0.5, 0.6) is 0 Å². The van der Waals surface area contributed by atoms with Gasteiger partial charge in [0.1, 0.15) is 0 Å². The van der Waals surface area contributed by atoms with Gasteiger partial charge in [0.2, 0.25) is 0 Å². The lowest BCUT2D eigenvalue weighted by Crippen LogP contribution is -2.36. The SMILES string of the molecule is CC(C)c1ccc(Cc2ccc(N3CCOCC3)c(N)c2)cc1. The van der Waals surface area contributed by atoms with Gasteiger partial charge in [-0.1, -0.05) is 44.2 Å². The van der Waals surface area contributed by atoms with Crippen LogP contribution in [0.15, 0.2) is 42.5 Å². The topological polar surface area (TPSA) is 38.5 Å². The Hall–Kier alpha value is -2.00. The summed E-state index contributed by atoms with van der Waals surface area (Å²) in [6.45, 7) is 7.84. The Kier molecular flexibility index (Phi) is 4.87. The minimum Gasteiger partial charge on any atom is -0.397 e. The summed E-state index contributed by atoms with van der Waals surface area (Å²) in [6, 6.07) is 15.4. The lowest BCUT2D eigenvalue weighted by atomic mass is 9.98. The number of anilines is 2. The largest absolute Gasteiger partial charge is 0.397 e. The molecule has 1 aliphatic heterocycles. The molecule has 1 aliphatic rings. The number of hydrogen-bond acceptors (Lipinski definition) is 3. The lowest BCUT2D eigenvalue weighted by molar-refractivity contribution is 0.123. The minimum absolute atomic E-state index is 0.576. The van der Waals surface area contributed by atoms with E-state index in [4.69, 9.17) is 10.5 Å². The van der Waals surface area contributed by atoms with Crippen LogP contribution in [0.3, 0.4) is 0 Å². The van der Waals surface area contributed by atoms with Crippen LogP contribution in [0.4, 0.5) is 11.4 Å². The molecule has 0 amide bonds. The summed E-state index contributed by atoms with van der Waals surface area (Å²) in [7, 11) is 0. The minimum atomic E-state index is 0.576. The molecule has 1 saturated heterocycles. The molecule has 0 radical (unpaired) electrons. The summed E-state index contributed by atoms with van der Waals surface area (Å²) in [5, 5.41) is 0. The van der Waals surface area contributed by atoms with Gasteiger partial charge in [-0.3, -0.25) is 0 Å².